The van der Waals surface area contributed by atoms with Crippen LogP contribution in [0.2, 0.25) is 0 Å². The van der Waals surface area contributed by atoms with Crippen LogP contribution in [0, 0.1) is 0 Å². The van der Waals surface area contributed by atoms with Gasteiger partial charge in [-0.05, 0) is 43.9 Å². The fraction of sp³-hybridized carbons (Fsp3) is 0.571. The minimum Gasteiger partial charge on any atom is -0.394 e. The van der Waals surface area contributed by atoms with Crippen molar-refractivity contribution in [2.75, 3.05) is 26.2 Å². The number of aliphatic hydroxyl groups is 1. The zero-order chi connectivity index (χ0) is 26.3. The van der Waals surface area contributed by atoms with Crippen molar-refractivity contribution < 1.29 is 36.3 Å². The van der Waals surface area contributed by atoms with E-state index in [1.165, 1.54) is 17.0 Å². The van der Waals surface area contributed by atoms with E-state index in [4.69, 9.17) is 0 Å². The van der Waals surface area contributed by atoms with Gasteiger partial charge in [-0.25, -0.2) is 8.42 Å². The molecule has 4 heterocycles. The Labute approximate surface area is 209 Å². The first-order chi connectivity index (χ1) is 16.9. The molecule has 2 aliphatic rings. The molecule has 2 fully saturated rings. The van der Waals surface area contributed by atoms with Gasteiger partial charge in [0, 0.05) is 20.1 Å². The number of nitrogens with zero attached hydrogens (tertiary/aromatic N) is 4. The van der Waals surface area contributed by atoms with Gasteiger partial charge in [0.15, 0.2) is 0 Å². The number of aliphatic hydroxyl groups excluding tert-OH is 1. The number of carbonyl (C=O) groups is 2. The lowest BCUT2D eigenvalue weighted by Crippen LogP contribution is -2.55. The molecule has 2 N–H and O–H groups in total. The Kier molecular flexibility index (Phi) is 7.46. The average molecular weight is 550 g/mol. The molecule has 2 saturated heterocycles. The maximum absolute atomic E-state index is 13.1. The smallest absolute Gasteiger partial charge is 0.394 e. The summed E-state index contributed by atoms with van der Waals surface area (Å²) in [5.74, 6) is -0.811. The van der Waals surface area contributed by atoms with Gasteiger partial charge in [0.05, 0.1) is 24.1 Å². The second-order valence-electron chi connectivity index (χ2n) is 8.80. The van der Waals surface area contributed by atoms with Crippen molar-refractivity contribution in [3.8, 4) is 10.6 Å². The zero-order valence-corrected chi connectivity index (χ0v) is 21.0. The van der Waals surface area contributed by atoms with Gasteiger partial charge in [0.25, 0.3) is 10.0 Å². The van der Waals surface area contributed by atoms with Crippen LogP contribution in [-0.4, -0.2) is 83.2 Å². The van der Waals surface area contributed by atoms with Gasteiger partial charge in [0.1, 0.15) is 21.6 Å². The molecule has 2 aliphatic heterocycles. The molecule has 0 radical (unpaired) electrons. The molecule has 36 heavy (non-hydrogen) atoms. The minimum absolute atomic E-state index is 0.0159. The first-order valence-electron chi connectivity index (χ1n) is 11.3. The molecule has 2 atom stereocenters. The molecule has 15 heteroatoms. The molecule has 4 rings (SSSR count). The molecule has 0 saturated carbocycles. The second-order valence-corrected chi connectivity index (χ2v) is 11.8. The van der Waals surface area contributed by atoms with Gasteiger partial charge >= 0.3 is 6.18 Å². The van der Waals surface area contributed by atoms with E-state index < -0.39 is 33.8 Å². The molecule has 198 valence electrons. The summed E-state index contributed by atoms with van der Waals surface area (Å²) in [6.45, 7) is 0.466. The number of hydrogen-bond acceptors (Lipinski definition) is 7. The fourth-order valence-electron chi connectivity index (χ4n) is 4.52. The number of hydrogen-bond donors (Lipinski definition) is 2. The maximum atomic E-state index is 13.1. The van der Waals surface area contributed by atoms with Crippen LogP contribution < -0.4 is 4.72 Å². The summed E-state index contributed by atoms with van der Waals surface area (Å²) in [4.78, 5) is 28.7. The number of amides is 2. The Morgan fingerprint density at radius 1 is 1.25 bits per heavy atom. The molecule has 10 nitrogen and oxygen atoms in total. The van der Waals surface area contributed by atoms with E-state index in [2.05, 4.69) is 9.82 Å². The number of likely N-dealkylation sites (tertiary alicyclic amines) is 2. The number of rotatable bonds is 7. The van der Waals surface area contributed by atoms with Crippen molar-refractivity contribution in [2.45, 2.75) is 48.2 Å². The Bertz CT molecular complexity index is 1240. The van der Waals surface area contributed by atoms with E-state index in [-0.39, 0.29) is 46.3 Å². The van der Waals surface area contributed by atoms with Crippen molar-refractivity contribution in [2.24, 2.45) is 7.05 Å². The lowest BCUT2D eigenvalue weighted by molar-refractivity contribution is -0.143. The van der Waals surface area contributed by atoms with E-state index in [0.29, 0.717) is 30.6 Å². The van der Waals surface area contributed by atoms with Crippen LogP contribution in [0.3, 0.4) is 0 Å². The Balaban J connectivity index is 1.44. The van der Waals surface area contributed by atoms with Crippen molar-refractivity contribution >= 4 is 33.2 Å². The highest BCUT2D eigenvalue weighted by molar-refractivity contribution is 7.91. The molecule has 0 bridgehead atoms. The maximum Gasteiger partial charge on any atom is 0.433 e. The minimum atomic E-state index is -4.60. The summed E-state index contributed by atoms with van der Waals surface area (Å²) in [5, 5.41) is 13.3. The predicted molar refractivity (Wildman–Crippen MR) is 123 cm³/mol. The lowest BCUT2D eigenvalue weighted by Gasteiger charge is -2.33. The summed E-state index contributed by atoms with van der Waals surface area (Å²) >= 11 is 0.743. The SMILES string of the molecule is Cn1nc(-c2ccc(S(=O)(=O)NC3CCCN(CC(=O)N4CCCC4CO)C3=O)s2)cc1C(F)(F)F. The highest BCUT2D eigenvalue weighted by atomic mass is 32.2. The van der Waals surface area contributed by atoms with Gasteiger partial charge in [-0.3, -0.25) is 14.3 Å². The number of aromatic nitrogens is 2. The van der Waals surface area contributed by atoms with E-state index in [9.17, 15) is 36.3 Å². The van der Waals surface area contributed by atoms with E-state index in [1.54, 1.807) is 4.90 Å². The topological polar surface area (TPSA) is 125 Å². The van der Waals surface area contributed by atoms with E-state index in [0.717, 1.165) is 30.9 Å². The number of nitrogens with one attached hydrogen (secondary N) is 1. The number of alkyl halides is 3. The predicted octanol–water partition coefficient (Wildman–Crippen LogP) is 1.42. The van der Waals surface area contributed by atoms with Crippen LogP contribution in [0.15, 0.2) is 22.4 Å². The van der Waals surface area contributed by atoms with Crippen molar-refractivity contribution in [1.29, 1.82) is 0 Å². The number of halogens is 3. The molecule has 0 aliphatic carbocycles. The monoisotopic (exact) mass is 549 g/mol. The van der Waals surface area contributed by atoms with Gasteiger partial charge in [-0.1, -0.05) is 0 Å². The molecule has 0 spiro atoms. The summed E-state index contributed by atoms with van der Waals surface area (Å²) in [6, 6.07) is 2.12. The number of thiophene rings is 1. The molecular formula is C21H26F3N5O5S2. The largest absolute Gasteiger partial charge is 0.433 e. The Morgan fingerprint density at radius 2 is 1.97 bits per heavy atom. The third kappa shape index (κ3) is 5.43. The molecule has 0 aromatic carbocycles. The number of piperidine rings is 1. The fourth-order valence-corrected chi connectivity index (χ4v) is 7.02. The van der Waals surface area contributed by atoms with Crippen molar-refractivity contribution in [3.63, 3.8) is 0 Å². The lowest BCUT2D eigenvalue weighted by atomic mass is 10.1. The summed E-state index contributed by atoms with van der Waals surface area (Å²) in [5.41, 5.74) is -0.979. The van der Waals surface area contributed by atoms with Crippen LogP contribution in [0.5, 0.6) is 0 Å². The standard InChI is InChI=1S/C21H26F3N5O5S2/c1-27-17(21(22,23)24)10-15(25-27)16-6-7-19(35-16)36(33,34)26-14-5-3-8-28(20(14)32)11-18(31)29-9-2-4-13(29)12-30/h6-7,10,13-14,26,30H,2-5,8-9,11-12H2,1H3. The van der Waals surface area contributed by atoms with Gasteiger partial charge in [-0.15, -0.1) is 11.3 Å². The number of carbonyl (C=O) groups excluding carboxylic acids is 2. The molecule has 2 unspecified atom stereocenters. The third-order valence-corrected chi connectivity index (χ3v) is 9.40. The highest BCUT2D eigenvalue weighted by Gasteiger charge is 2.37. The summed E-state index contributed by atoms with van der Waals surface area (Å²) in [6.07, 6.45) is -2.40. The third-order valence-electron chi connectivity index (χ3n) is 6.33. The quantitative estimate of drug-likeness (QED) is 0.538. The number of sulfonamides is 1. The first-order valence-corrected chi connectivity index (χ1v) is 13.6. The van der Waals surface area contributed by atoms with Crippen LogP contribution in [0.25, 0.3) is 10.6 Å². The van der Waals surface area contributed by atoms with Crippen molar-refractivity contribution in [3.05, 3.63) is 23.9 Å². The van der Waals surface area contributed by atoms with Crippen LogP contribution >= 0.6 is 11.3 Å². The second kappa shape index (κ2) is 10.1. The summed E-state index contributed by atoms with van der Waals surface area (Å²) < 4.78 is 68.0. The Morgan fingerprint density at radius 3 is 2.64 bits per heavy atom. The van der Waals surface area contributed by atoms with Crippen LogP contribution in [0.1, 0.15) is 31.4 Å². The number of aryl methyl sites for hydroxylation is 1. The van der Waals surface area contributed by atoms with Crippen molar-refractivity contribution in [1.82, 2.24) is 24.3 Å². The van der Waals surface area contributed by atoms with Gasteiger partial charge in [-0.2, -0.15) is 23.0 Å². The Hall–Kier alpha value is -2.49. The first kappa shape index (κ1) is 26.6. The van der Waals surface area contributed by atoms with Gasteiger partial charge < -0.3 is 14.9 Å². The molecule has 2 amide bonds. The molecular weight excluding hydrogens is 523 g/mol. The van der Waals surface area contributed by atoms with E-state index >= 15 is 0 Å². The molecule has 2 aromatic heterocycles. The van der Waals surface area contributed by atoms with Gasteiger partial charge in [0.2, 0.25) is 11.8 Å². The zero-order valence-electron chi connectivity index (χ0n) is 19.4. The van der Waals surface area contributed by atoms with Crippen LogP contribution in [0.4, 0.5) is 13.2 Å². The normalized spacial score (nSPS) is 21.4. The average Bonchev–Trinajstić information content (AvgIpc) is 3.54. The molecule has 2 aromatic rings. The summed E-state index contributed by atoms with van der Waals surface area (Å²) in [7, 11) is -3.01. The van der Waals surface area contributed by atoms with Crippen LogP contribution in [-0.2, 0) is 32.8 Å². The van der Waals surface area contributed by atoms with E-state index in [1.807, 2.05) is 0 Å². The highest BCUT2D eigenvalue weighted by Crippen LogP contribution is 2.35.